The lowest BCUT2D eigenvalue weighted by Crippen LogP contribution is -2.35. The molecule has 0 amide bonds. The molecule has 0 heterocycles. The van der Waals surface area contributed by atoms with Gasteiger partial charge < -0.3 is 4.74 Å². The molecule has 122 valence electrons. The van der Waals surface area contributed by atoms with Gasteiger partial charge in [0.05, 0.1) is 12.0 Å². The van der Waals surface area contributed by atoms with Crippen LogP contribution in [-0.2, 0) is 10.2 Å². The monoisotopic (exact) mass is 356 g/mol. The number of hydrogen-bond donors (Lipinski definition) is 0. The fourth-order valence-corrected chi connectivity index (χ4v) is 3.23. The highest BCUT2D eigenvalue weighted by molar-refractivity contribution is 6.43. The quantitative estimate of drug-likeness (QED) is 0.400. The zero-order valence-corrected chi connectivity index (χ0v) is 14.6. The Morgan fingerprint density at radius 1 is 0.625 bits per heavy atom. The number of halogens is 2. The number of hydrogen-bond acceptors (Lipinski definition) is 1. The smallest absolute Gasteiger partial charge is 0.206 e. The molecule has 0 radical (unpaired) electrons. The van der Waals surface area contributed by atoms with Gasteiger partial charge in [-0.25, -0.2) is 0 Å². The SMILES string of the molecule is ClC(Cl)OCC(c1ccccc1)(c1ccccc1)c1ccccc1. The summed E-state index contributed by atoms with van der Waals surface area (Å²) in [5.74, 6) is 0. The number of ether oxygens (including phenoxy) is 1. The predicted octanol–water partition coefficient (Wildman–Crippen LogP) is 5.80. The summed E-state index contributed by atoms with van der Waals surface area (Å²) in [7, 11) is 0. The standard InChI is InChI=1S/C21H18Cl2O/c22-20(23)24-16-21(17-10-4-1-5-11-17,18-12-6-2-7-13-18)19-14-8-3-9-15-19/h1-15,20H,16H2. The van der Waals surface area contributed by atoms with E-state index in [2.05, 4.69) is 36.4 Å². The van der Waals surface area contributed by atoms with E-state index in [0.717, 1.165) is 16.7 Å². The molecule has 3 rings (SSSR count). The molecule has 3 aromatic carbocycles. The molecule has 0 saturated heterocycles. The van der Waals surface area contributed by atoms with E-state index in [-0.39, 0.29) is 0 Å². The molecular weight excluding hydrogens is 339 g/mol. The second kappa shape index (κ2) is 7.85. The summed E-state index contributed by atoms with van der Waals surface area (Å²) in [6.45, 7) is 0.350. The zero-order valence-electron chi connectivity index (χ0n) is 13.1. The first kappa shape index (κ1) is 17.0. The van der Waals surface area contributed by atoms with Gasteiger partial charge in [-0.2, -0.15) is 0 Å². The van der Waals surface area contributed by atoms with Gasteiger partial charge in [-0.05, 0) is 16.7 Å². The average Bonchev–Trinajstić information content (AvgIpc) is 2.65. The molecule has 0 spiro atoms. The maximum absolute atomic E-state index is 5.89. The van der Waals surface area contributed by atoms with Gasteiger partial charge in [0, 0.05) is 0 Å². The maximum Gasteiger partial charge on any atom is 0.206 e. The van der Waals surface area contributed by atoms with E-state index in [4.69, 9.17) is 27.9 Å². The second-order valence-electron chi connectivity index (χ2n) is 5.58. The summed E-state index contributed by atoms with van der Waals surface area (Å²) in [4.78, 5) is 0. The van der Waals surface area contributed by atoms with Gasteiger partial charge in [0.2, 0.25) is 5.02 Å². The Morgan fingerprint density at radius 2 is 0.958 bits per heavy atom. The summed E-state index contributed by atoms with van der Waals surface area (Å²) in [6.07, 6.45) is 0. The Bertz CT molecular complexity index is 646. The Kier molecular flexibility index (Phi) is 5.57. The normalized spacial score (nSPS) is 11.6. The van der Waals surface area contributed by atoms with E-state index < -0.39 is 10.4 Å². The van der Waals surface area contributed by atoms with Crippen LogP contribution in [0, 0.1) is 0 Å². The summed E-state index contributed by atoms with van der Waals surface area (Å²) in [5.41, 5.74) is 2.93. The van der Waals surface area contributed by atoms with Crippen LogP contribution in [-0.4, -0.2) is 11.6 Å². The van der Waals surface area contributed by atoms with E-state index in [1.807, 2.05) is 54.6 Å². The summed E-state index contributed by atoms with van der Waals surface area (Å²) in [6, 6.07) is 30.9. The Hall–Kier alpha value is -1.80. The van der Waals surface area contributed by atoms with E-state index in [1.165, 1.54) is 0 Å². The van der Waals surface area contributed by atoms with Gasteiger partial charge >= 0.3 is 0 Å². The molecule has 0 atom stereocenters. The van der Waals surface area contributed by atoms with E-state index >= 15 is 0 Å². The Labute approximate surface area is 152 Å². The number of benzene rings is 3. The van der Waals surface area contributed by atoms with Crippen molar-refractivity contribution in [1.82, 2.24) is 0 Å². The third-order valence-corrected chi connectivity index (χ3v) is 4.48. The first-order valence-corrected chi connectivity index (χ1v) is 8.67. The van der Waals surface area contributed by atoms with Crippen LogP contribution in [0.3, 0.4) is 0 Å². The number of alkyl halides is 2. The van der Waals surface area contributed by atoms with Gasteiger partial charge in [-0.1, -0.05) is 114 Å². The molecule has 0 aromatic heterocycles. The molecule has 0 fully saturated rings. The second-order valence-corrected chi connectivity index (χ2v) is 6.59. The van der Waals surface area contributed by atoms with Crippen molar-refractivity contribution in [1.29, 1.82) is 0 Å². The minimum Gasteiger partial charge on any atom is -0.347 e. The summed E-state index contributed by atoms with van der Waals surface area (Å²) < 4.78 is 5.70. The van der Waals surface area contributed by atoms with Crippen molar-refractivity contribution in [2.24, 2.45) is 0 Å². The van der Waals surface area contributed by atoms with Crippen molar-refractivity contribution < 1.29 is 4.74 Å². The minimum absolute atomic E-state index is 0.350. The van der Waals surface area contributed by atoms with Crippen LogP contribution in [0.1, 0.15) is 16.7 Å². The topological polar surface area (TPSA) is 9.23 Å². The van der Waals surface area contributed by atoms with Crippen LogP contribution in [0.25, 0.3) is 0 Å². The average molecular weight is 357 g/mol. The molecule has 24 heavy (non-hydrogen) atoms. The van der Waals surface area contributed by atoms with Crippen LogP contribution < -0.4 is 0 Å². The summed E-state index contributed by atoms with van der Waals surface area (Å²) >= 11 is 11.8. The van der Waals surface area contributed by atoms with E-state index in [9.17, 15) is 0 Å². The molecule has 0 saturated carbocycles. The molecule has 3 heteroatoms. The van der Waals surface area contributed by atoms with Crippen LogP contribution >= 0.6 is 23.2 Å². The Morgan fingerprint density at radius 3 is 1.25 bits per heavy atom. The number of rotatable bonds is 6. The van der Waals surface area contributed by atoms with Crippen LogP contribution in [0.5, 0.6) is 0 Å². The van der Waals surface area contributed by atoms with Crippen molar-refractivity contribution in [3.05, 3.63) is 108 Å². The van der Waals surface area contributed by atoms with E-state index in [0.29, 0.717) is 6.61 Å². The molecule has 0 bridgehead atoms. The van der Waals surface area contributed by atoms with Gasteiger partial charge in [0.1, 0.15) is 0 Å². The van der Waals surface area contributed by atoms with Crippen LogP contribution in [0.15, 0.2) is 91.0 Å². The third kappa shape index (κ3) is 3.49. The van der Waals surface area contributed by atoms with Crippen molar-refractivity contribution in [3.8, 4) is 0 Å². The third-order valence-electron chi connectivity index (χ3n) is 4.23. The lowest BCUT2D eigenvalue weighted by atomic mass is 9.70. The van der Waals surface area contributed by atoms with Crippen molar-refractivity contribution in [2.75, 3.05) is 6.61 Å². The first-order chi connectivity index (χ1) is 11.7. The van der Waals surface area contributed by atoms with Gasteiger partial charge in [-0.15, -0.1) is 0 Å². The van der Waals surface area contributed by atoms with Crippen LogP contribution in [0.4, 0.5) is 0 Å². The van der Waals surface area contributed by atoms with Gasteiger partial charge in [-0.3, -0.25) is 0 Å². The highest BCUT2D eigenvalue weighted by Crippen LogP contribution is 2.40. The molecule has 1 nitrogen and oxygen atoms in total. The van der Waals surface area contributed by atoms with Gasteiger partial charge in [0.25, 0.3) is 0 Å². The highest BCUT2D eigenvalue weighted by Gasteiger charge is 2.37. The fourth-order valence-electron chi connectivity index (χ4n) is 3.11. The first-order valence-electron chi connectivity index (χ1n) is 7.80. The van der Waals surface area contributed by atoms with Crippen molar-refractivity contribution >= 4 is 23.2 Å². The highest BCUT2D eigenvalue weighted by atomic mass is 35.5. The van der Waals surface area contributed by atoms with Crippen LogP contribution in [0.2, 0.25) is 0 Å². The van der Waals surface area contributed by atoms with Crippen molar-refractivity contribution in [2.45, 2.75) is 10.4 Å². The fraction of sp³-hybridized carbons (Fsp3) is 0.143. The molecular formula is C21H18Cl2O. The molecule has 0 aliphatic heterocycles. The molecule has 0 N–H and O–H groups in total. The Balaban J connectivity index is 2.24. The zero-order chi connectivity index (χ0) is 16.8. The maximum atomic E-state index is 5.89. The van der Waals surface area contributed by atoms with Crippen molar-refractivity contribution in [3.63, 3.8) is 0 Å². The molecule has 3 aromatic rings. The molecule has 0 aliphatic rings. The van der Waals surface area contributed by atoms with E-state index in [1.54, 1.807) is 0 Å². The minimum atomic E-state index is -0.875. The molecule has 0 unspecified atom stereocenters. The van der Waals surface area contributed by atoms with Gasteiger partial charge in [0.15, 0.2) is 0 Å². The summed E-state index contributed by atoms with van der Waals surface area (Å²) in [5, 5.41) is -0.875. The lowest BCUT2D eigenvalue weighted by molar-refractivity contribution is 0.125. The predicted molar refractivity (Wildman–Crippen MR) is 101 cm³/mol. The largest absolute Gasteiger partial charge is 0.347 e. The lowest BCUT2D eigenvalue weighted by Gasteiger charge is -2.36. The molecule has 0 aliphatic carbocycles.